The summed E-state index contributed by atoms with van der Waals surface area (Å²) in [6, 6.07) is 3.77. The summed E-state index contributed by atoms with van der Waals surface area (Å²) in [4.78, 5) is 30.2. The SMILES string of the molecule is COc1ccc(CN2CCc3c(nc(-c4cncnc4)[nH]c3=O)C2)c(Cl)c1OC. The molecule has 0 saturated carbocycles. The van der Waals surface area contributed by atoms with E-state index in [9.17, 15) is 4.79 Å². The Morgan fingerprint density at radius 2 is 2.00 bits per heavy atom. The van der Waals surface area contributed by atoms with E-state index in [1.165, 1.54) is 6.33 Å². The molecular formula is C20H20ClN5O3. The van der Waals surface area contributed by atoms with Crippen molar-refractivity contribution in [1.29, 1.82) is 0 Å². The van der Waals surface area contributed by atoms with Gasteiger partial charge in [-0.2, -0.15) is 0 Å². The molecule has 1 aliphatic rings. The topological polar surface area (TPSA) is 93.2 Å². The third kappa shape index (κ3) is 3.81. The number of nitrogens with one attached hydrogen (secondary N) is 1. The van der Waals surface area contributed by atoms with Crippen LogP contribution in [0.2, 0.25) is 5.02 Å². The second kappa shape index (κ2) is 8.18. The number of hydrogen-bond donors (Lipinski definition) is 1. The third-order valence-corrected chi connectivity index (χ3v) is 5.36. The van der Waals surface area contributed by atoms with Gasteiger partial charge in [-0.05, 0) is 18.1 Å². The van der Waals surface area contributed by atoms with Crippen molar-refractivity contribution in [3.63, 3.8) is 0 Å². The highest BCUT2D eigenvalue weighted by Crippen LogP contribution is 2.38. The molecule has 2 aromatic heterocycles. The molecule has 4 rings (SSSR count). The minimum Gasteiger partial charge on any atom is -0.493 e. The first-order chi connectivity index (χ1) is 14.1. The van der Waals surface area contributed by atoms with E-state index in [4.69, 9.17) is 21.1 Å². The average Bonchev–Trinajstić information content (AvgIpc) is 2.75. The summed E-state index contributed by atoms with van der Waals surface area (Å²) >= 11 is 6.53. The normalized spacial score (nSPS) is 13.8. The number of halogens is 1. The molecule has 0 aliphatic carbocycles. The van der Waals surface area contributed by atoms with E-state index < -0.39 is 0 Å². The second-order valence-electron chi connectivity index (χ2n) is 6.70. The van der Waals surface area contributed by atoms with Crippen molar-refractivity contribution in [2.24, 2.45) is 0 Å². The summed E-state index contributed by atoms with van der Waals surface area (Å²) in [5.41, 5.74) is 2.97. The van der Waals surface area contributed by atoms with Gasteiger partial charge in [0.25, 0.3) is 5.56 Å². The predicted octanol–water partition coefficient (Wildman–Crippen LogP) is 2.46. The minimum atomic E-state index is -0.113. The fraction of sp³-hybridized carbons (Fsp3) is 0.300. The fourth-order valence-electron chi connectivity index (χ4n) is 3.48. The molecule has 0 unspecified atom stereocenters. The summed E-state index contributed by atoms with van der Waals surface area (Å²) < 4.78 is 10.7. The Morgan fingerprint density at radius 3 is 2.72 bits per heavy atom. The summed E-state index contributed by atoms with van der Waals surface area (Å²) in [5, 5.41) is 0.527. The molecule has 29 heavy (non-hydrogen) atoms. The van der Waals surface area contributed by atoms with Gasteiger partial charge in [0.05, 0.1) is 30.5 Å². The Balaban J connectivity index is 1.61. The van der Waals surface area contributed by atoms with Crippen LogP contribution in [0.3, 0.4) is 0 Å². The Labute approximate surface area is 172 Å². The number of rotatable bonds is 5. The number of methoxy groups -OCH3 is 2. The van der Waals surface area contributed by atoms with Crippen molar-refractivity contribution in [2.45, 2.75) is 19.5 Å². The first-order valence-corrected chi connectivity index (χ1v) is 9.47. The molecule has 150 valence electrons. The Morgan fingerprint density at radius 1 is 1.21 bits per heavy atom. The average molecular weight is 414 g/mol. The van der Waals surface area contributed by atoms with Crippen LogP contribution < -0.4 is 15.0 Å². The number of hydrogen-bond acceptors (Lipinski definition) is 7. The second-order valence-corrected chi connectivity index (χ2v) is 7.08. The molecule has 3 heterocycles. The molecule has 0 saturated heterocycles. The molecular weight excluding hydrogens is 394 g/mol. The van der Waals surface area contributed by atoms with Crippen molar-refractivity contribution in [3.05, 3.63) is 63.1 Å². The van der Waals surface area contributed by atoms with E-state index >= 15 is 0 Å². The van der Waals surface area contributed by atoms with Gasteiger partial charge in [0, 0.05) is 37.6 Å². The maximum Gasteiger partial charge on any atom is 0.254 e. The van der Waals surface area contributed by atoms with Gasteiger partial charge < -0.3 is 14.5 Å². The monoisotopic (exact) mass is 413 g/mol. The quantitative estimate of drug-likeness (QED) is 0.686. The molecule has 0 fully saturated rings. The van der Waals surface area contributed by atoms with Crippen LogP contribution in [-0.4, -0.2) is 45.6 Å². The largest absolute Gasteiger partial charge is 0.493 e. The van der Waals surface area contributed by atoms with Gasteiger partial charge in [0.2, 0.25) is 0 Å². The minimum absolute atomic E-state index is 0.113. The highest BCUT2D eigenvalue weighted by Gasteiger charge is 2.23. The van der Waals surface area contributed by atoms with Crippen LogP contribution in [0, 0.1) is 0 Å². The van der Waals surface area contributed by atoms with E-state index in [1.807, 2.05) is 12.1 Å². The summed E-state index contributed by atoms with van der Waals surface area (Å²) in [7, 11) is 3.14. The number of H-pyrrole nitrogens is 1. The van der Waals surface area contributed by atoms with Crippen LogP contribution >= 0.6 is 11.6 Å². The van der Waals surface area contributed by atoms with Crippen molar-refractivity contribution in [1.82, 2.24) is 24.8 Å². The van der Waals surface area contributed by atoms with Crippen molar-refractivity contribution in [2.75, 3.05) is 20.8 Å². The van der Waals surface area contributed by atoms with E-state index in [0.717, 1.165) is 23.4 Å². The first-order valence-electron chi connectivity index (χ1n) is 9.10. The zero-order chi connectivity index (χ0) is 20.4. The lowest BCUT2D eigenvalue weighted by molar-refractivity contribution is 0.240. The number of aromatic nitrogens is 4. The maximum absolute atomic E-state index is 12.5. The van der Waals surface area contributed by atoms with E-state index in [-0.39, 0.29) is 5.56 Å². The van der Waals surface area contributed by atoms with E-state index in [0.29, 0.717) is 47.4 Å². The number of benzene rings is 1. The Kier molecular flexibility index (Phi) is 5.46. The number of aromatic amines is 1. The Hall–Kier alpha value is -2.97. The molecule has 8 nitrogen and oxygen atoms in total. The van der Waals surface area contributed by atoms with Gasteiger partial charge in [-0.3, -0.25) is 9.69 Å². The van der Waals surface area contributed by atoms with Gasteiger partial charge in [-0.1, -0.05) is 17.7 Å². The standard InChI is InChI=1S/C20H20ClN5O3/c1-28-16-4-3-12(17(21)18(16)29-2)9-26-6-5-14-15(10-26)24-19(25-20(14)27)13-7-22-11-23-8-13/h3-4,7-8,11H,5-6,9-10H2,1-2H3,(H,24,25,27). The smallest absolute Gasteiger partial charge is 0.254 e. The van der Waals surface area contributed by atoms with Crippen LogP contribution in [0.5, 0.6) is 11.5 Å². The molecule has 3 aromatic rings. The van der Waals surface area contributed by atoms with E-state index in [1.54, 1.807) is 26.6 Å². The molecule has 1 aromatic carbocycles. The maximum atomic E-state index is 12.5. The number of nitrogens with zero attached hydrogens (tertiary/aromatic N) is 4. The predicted molar refractivity (Wildman–Crippen MR) is 108 cm³/mol. The highest BCUT2D eigenvalue weighted by atomic mass is 35.5. The molecule has 0 amide bonds. The van der Waals surface area contributed by atoms with Crippen LogP contribution in [0.4, 0.5) is 0 Å². The van der Waals surface area contributed by atoms with Gasteiger partial charge in [-0.15, -0.1) is 0 Å². The van der Waals surface area contributed by atoms with Gasteiger partial charge in [0.1, 0.15) is 12.2 Å². The number of fused-ring (bicyclic) bond motifs is 1. The van der Waals surface area contributed by atoms with Crippen molar-refractivity contribution >= 4 is 11.6 Å². The van der Waals surface area contributed by atoms with Crippen LogP contribution in [0.25, 0.3) is 11.4 Å². The summed E-state index contributed by atoms with van der Waals surface area (Å²) in [6.45, 7) is 1.89. The van der Waals surface area contributed by atoms with Crippen LogP contribution in [-0.2, 0) is 19.5 Å². The third-order valence-electron chi connectivity index (χ3n) is 4.95. The van der Waals surface area contributed by atoms with E-state index in [2.05, 4.69) is 24.8 Å². The lowest BCUT2D eigenvalue weighted by atomic mass is 10.0. The van der Waals surface area contributed by atoms with Crippen LogP contribution in [0.1, 0.15) is 16.8 Å². The lowest BCUT2D eigenvalue weighted by Gasteiger charge is -2.28. The molecule has 0 atom stereocenters. The molecule has 1 N–H and O–H groups in total. The van der Waals surface area contributed by atoms with Crippen molar-refractivity contribution in [3.8, 4) is 22.9 Å². The summed E-state index contributed by atoms with van der Waals surface area (Å²) in [5.74, 6) is 1.58. The van der Waals surface area contributed by atoms with Crippen molar-refractivity contribution < 1.29 is 9.47 Å². The molecule has 0 spiro atoms. The lowest BCUT2D eigenvalue weighted by Crippen LogP contribution is -2.35. The van der Waals surface area contributed by atoms with Gasteiger partial charge in [-0.25, -0.2) is 15.0 Å². The number of ether oxygens (including phenoxy) is 2. The fourth-order valence-corrected chi connectivity index (χ4v) is 3.77. The summed E-state index contributed by atoms with van der Waals surface area (Å²) in [6.07, 6.45) is 5.31. The van der Waals surface area contributed by atoms with Gasteiger partial charge in [0.15, 0.2) is 11.5 Å². The molecule has 0 radical (unpaired) electrons. The molecule has 0 bridgehead atoms. The first kappa shape index (κ1) is 19.4. The van der Waals surface area contributed by atoms with Crippen LogP contribution in [0.15, 0.2) is 35.6 Å². The molecule has 1 aliphatic heterocycles. The Bertz CT molecular complexity index is 1090. The zero-order valence-electron chi connectivity index (χ0n) is 16.1. The molecule has 9 heteroatoms. The highest BCUT2D eigenvalue weighted by molar-refractivity contribution is 6.33. The van der Waals surface area contributed by atoms with Gasteiger partial charge >= 0.3 is 0 Å². The zero-order valence-corrected chi connectivity index (χ0v) is 16.9.